The molecule has 0 fully saturated rings. The van der Waals surface area contributed by atoms with Crippen molar-refractivity contribution in [3.63, 3.8) is 0 Å². The Hall–Kier alpha value is -2.78. The molecule has 0 radical (unpaired) electrons. The number of aromatic nitrogens is 4. The van der Waals surface area contributed by atoms with Crippen LogP contribution in [0, 0.1) is 5.92 Å². The van der Waals surface area contributed by atoms with Crippen LogP contribution in [0.5, 0.6) is 5.75 Å². The molecule has 0 saturated carbocycles. The molecular formula is C19H23N5O3S. The first kappa shape index (κ1) is 20.0. The average Bonchev–Trinajstić information content (AvgIpc) is 3.09. The fourth-order valence-electron chi connectivity index (χ4n) is 2.98. The summed E-state index contributed by atoms with van der Waals surface area (Å²) in [7, 11) is -2.32. The molecule has 0 aliphatic carbocycles. The van der Waals surface area contributed by atoms with E-state index >= 15 is 0 Å². The molecule has 1 heterocycles. The topological polar surface area (TPSA) is 113 Å². The molecular weight excluding hydrogens is 378 g/mol. The van der Waals surface area contributed by atoms with Gasteiger partial charge in [0, 0.05) is 5.56 Å². The van der Waals surface area contributed by atoms with E-state index in [-0.39, 0.29) is 10.7 Å². The third-order valence-electron chi connectivity index (χ3n) is 4.21. The van der Waals surface area contributed by atoms with Gasteiger partial charge in [0.2, 0.25) is 15.8 Å². The molecule has 0 aliphatic heterocycles. The second kappa shape index (κ2) is 8.07. The zero-order valence-electron chi connectivity index (χ0n) is 16.0. The van der Waals surface area contributed by atoms with Gasteiger partial charge >= 0.3 is 0 Å². The predicted octanol–water partition coefficient (Wildman–Crippen LogP) is 2.24. The first-order chi connectivity index (χ1) is 13.3. The van der Waals surface area contributed by atoms with Gasteiger partial charge in [-0.1, -0.05) is 38.1 Å². The second-order valence-corrected chi connectivity index (χ2v) is 8.45. The van der Waals surface area contributed by atoms with Crippen LogP contribution in [0.4, 0.5) is 0 Å². The summed E-state index contributed by atoms with van der Waals surface area (Å²) in [4.78, 5) is 1.44. The summed E-state index contributed by atoms with van der Waals surface area (Å²) in [6.45, 7) is 4.51. The van der Waals surface area contributed by atoms with Crippen molar-refractivity contribution in [3.8, 4) is 17.1 Å². The maximum absolute atomic E-state index is 12.1. The van der Waals surface area contributed by atoms with Crippen LogP contribution >= 0.6 is 0 Å². The average molecular weight is 401 g/mol. The van der Waals surface area contributed by atoms with Crippen LogP contribution in [0.2, 0.25) is 0 Å². The van der Waals surface area contributed by atoms with Crippen molar-refractivity contribution in [2.75, 3.05) is 7.11 Å². The van der Waals surface area contributed by atoms with Crippen molar-refractivity contribution >= 4 is 10.0 Å². The zero-order valence-corrected chi connectivity index (χ0v) is 16.8. The second-order valence-electron chi connectivity index (χ2n) is 6.92. The lowest BCUT2D eigenvalue weighted by Gasteiger charge is -2.12. The van der Waals surface area contributed by atoms with Crippen LogP contribution in [-0.4, -0.2) is 35.7 Å². The van der Waals surface area contributed by atoms with Crippen LogP contribution in [0.3, 0.4) is 0 Å². The van der Waals surface area contributed by atoms with Crippen LogP contribution in [0.25, 0.3) is 11.4 Å². The van der Waals surface area contributed by atoms with Gasteiger partial charge in [-0.05, 0) is 46.9 Å². The molecule has 148 valence electrons. The van der Waals surface area contributed by atoms with Gasteiger partial charge in [-0.2, -0.15) is 4.80 Å². The first-order valence-corrected chi connectivity index (χ1v) is 10.4. The van der Waals surface area contributed by atoms with Crippen LogP contribution in [0.15, 0.2) is 47.4 Å². The molecule has 8 nitrogen and oxygen atoms in total. The lowest BCUT2D eigenvalue weighted by molar-refractivity contribution is 0.414. The Balaban J connectivity index is 1.99. The normalized spacial score (nSPS) is 11.8. The van der Waals surface area contributed by atoms with Crippen LogP contribution in [0.1, 0.15) is 25.0 Å². The minimum Gasteiger partial charge on any atom is -0.497 e. The molecule has 3 aromatic rings. The maximum Gasteiger partial charge on any atom is 0.238 e. The van der Waals surface area contributed by atoms with Crippen molar-refractivity contribution in [2.45, 2.75) is 31.7 Å². The maximum atomic E-state index is 12.1. The summed E-state index contributed by atoms with van der Waals surface area (Å²) in [6.07, 6.45) is 0.672. The molecule has 2 aromatic carbocycles. The minimum absolute atomic E-state index is 0.00893. The Bertz CT molecular complexity index is 1060. The van der Waals surface area contributed by atoms with Crippen molar-refractivity contribution < 1.29 is 13.2 Å². The van der Waals surface area contributed by atoms with E-state index in [4.69, 9.17) is 9.88 Å². The van der Waals surface area contributed by atoms with Crippen molar-refractivity contribution in [1.29, 1.82) is 0 Å². The highest BCUT2D eigenvalue weighted by atomic mass is 32.2. The fourth-order valence-corrected chi connectivity index (χ4v) is 3.76. The quantitative estimate of drug-likeness (QED) is 0.650. The number of rotatable bonds is 7. The van der Waals surface area contributed by atoms with Gasteiger partial charge in [-0.25, -0.2) is 13.6 Å². The monoisotopic (exact) mass is 401 g/mol. The summed E-state index contributed by atoms with van der Waals surface area (Å²) >= 11 is 0. The van der Waals surface area contributed by atoms with E-state index in [1.165, 1.54) is 10.9 Å². The van der Waals surface area contributed by atoms with Gasteiger partial charge < -0.3 is 4.74 Å². The predicted molar refractivity (Wildman–Crippen MR) is 105 cm³/mol. The lowest BCUT2D eigenvalue weighted by atomic mass is 9.97. The summed E-state index contributed by atoms with van der Waals surface area (Å²) in [5.74, 6) is 1.33. The van der Waals surface area contributed by atoms with Gasteiger partial charge in [-0.3, -0.25) is 0 Å². The number of nitrogens with zero attached hydrogens (tertiary/aromatic N) is 4. The number of methoxy groups -OCH3 is 1. The molecule has 0 aliphatic rings. The molecule has 1 aromatic heterocycles. The van der Waals surface area contributed by atoms with Crippen molar-refractivity contribution in [3.05, 3.63) is 53.6 Å². The molecule has 0 saturated heterocycles. The van der Waals surface area contributed by atoms with Crippen molar-refractivity contribution in [1.82, 2.24) is 20.2 Å². The number of tetrazole rings is 1. The molecule has 2 N–H and O–H groups in total. The van der Waals surface area contributed by atoms with E-state index in [9.17, 15) is 8.42 Å². The number of ether oxygens (including phenoxy) is 1. The largest absolute Gasteiger partial charge is 0.497 e. The number of nitrogens with two attached hydrogens (primary N) is 1. The number of benzene rings is 2. The highest BCUT2D eigenvalue weighted by molar-refractivity contribution is 7.89. The minimum atomic E-state index is -3.93. The number of hydrogen-bond donors (Lipinski definition) is 1. The van der Waals surface area contributed by atoms with Gasteiger partial charge in [0.15, 0.2) is 0 Å². The van der Waals surface area contributed by atoms with Gasteiger partial charge in [0.05, 0.1) is 18.6 Å². The molecule has 3 rings (SSSR count). The highest BCUT2D eigenvalue weighted by Gasteiger charge is 2.22. The smallest absolute Gasteiger partial charge is 0.238 e. The number of sulfonamides is 1. The lowest BCUT2D eigenvalue weighted by Crippen LogP contribution is -2.15. The van der Waals surface area contributed by atoms with Crippen molar-refractivity contribution in [2.24, 2.45) is 11.1 Å². The van der Waals surface area contributed by atoms with Crippen LogP contribution in [-0.2, 0) is 23.0 Å². The summed E-state index contributed by atoms with van der Waals surface area (Å²) in [5.41, 5.74) is 2.21. The van der Waals surface area contributed by atoms with E-state index in [1.54, 1.807) is 13.2 Å². The summed E-state index contributed by atoms with van der Waals surface area (Å²) in [6, 6.07) is 12.5. The van der Waals surface area contributed by atoms with Gasteiger partial charge in [-0.15, -0.1) is 10.2 Å². The Labute approximate surface area is 164 Å². The Morgan fingerprint density at radius 3 is 2.46 bits per heavy atom. The SMILES string of the molecule is COc1ccc(Cn2nnc(-c3c(CC(C)C)cccc3S(N)(=O)=O)n2)cc1. The van der Waals surface area contributed by atoms with E-state index in [0.717, 1.165) is 16.9 Å². The summed E-state index contributed by atoms with van der Waals surface area (Å²) < 4.78 is 29.4. The number of primary sulfonamides is 1. The van der Waals surface area contributed by atoms with Gasteiger partial charge in [0.25, 0.3) is 0 Å². The third kappa shape index (κ3) is 4.55. The molecule has 0 spiro atoms. The number of hydrogen-bond acceptors (Lipinski definition) is 6. The molecule has 0 amide bonds. The molecule has 9 heteroatoms. The van der Waals surface area contributed by atoms with E-state index in [0.29, 0.717) is 24.4 Å². The van der Waals surface area contributed by atoms with Gasteiger partial charge in [0.1, 0.15) is 5.75 Å². The Kier molecular flexibility index (Phi) is 5.76. The Morgan fingerprint density at radius 2 is 1.86 bits per heavy atom. The zero-order chi connectivity index (χ0) is 20.3. The highest BCUT2D eigenvalue weighted by Crippen LogP contribution is 2.29. The molecule has 0 unspecified atom stereocenters. The third-order valence-corrected chi connectivity index (χ3v) is 5.16. The Morgan fingerprint density at radius 1 is 1.14 bits per heavy atom. The molecule has 0 bridgehead atoms. The first-order valence-electron chi connectivity index (χ1n) is 8.83. The van der Waals surface area contributed by atoms with Crippen LogP contribution < -0.4 is 9.88 Å². The van der Waals surface area contributed by atoms with E-state index in [2.05, 4.69) is 29.3 Å². The molecule has 0 atom stereocenters. The molecule has 28 heavy (non-hydrogen) atoms. The van der Waals surface area contributed by atoms with E-state index in [1.807, 2.05) is 30.3 Å². The standard InChI is InChI=1S/C19H23N5O3S/c1-13(2)11-15-5-4-6-17(28(20,25)26)18(15)19-21-23-24(22-19)12-14-7-9-16(27-3)10-8-14/h4-10,13H,11-12H2,1-3H3,(H2,20,25,26). The summed E-state index contributed by atoms with van der Waals surface area (Å²) in [5, 5.41) is 18.0. The fraction of sp³-hybridized carbons (Fsp3) is 0.316. The van der Waals surface area contributed by atoms with E-state index < -0.39 is 10.0 Å².